The molecular weight excluding hydrogens is 182 g/mol. The smallest absolute Gasteiger partial charge is 0.306 e. The number of piperidine rings is 1. The molecule has 2 saturated heterocycles. The minimum Gasteiger partial charge on any atom is -0.481 e. The summed E-state index contributed by atoms with van der Waals surface area (Å²) in [6.45, 7) is 2.30. The van der Waals surface area contributed by atoms with Gasteiger partial charge in [0, 0.05) is 12.6 Å². The summed E-state index contributed by atoms with van der Waals surface area (Å²) >= 11 is 0. The number of likely N-dealkylation sites (tertiary alicyclic amines) is 1. The summed E-state index contributed by atoms with van der Waals surface area (Å²) in [6, 6.07) is 0.318. The zero-order valence-electron chi connectivity index (χ0n) is 8.48. The van der Waals surface area contributed by atoms with Crippen LogP contribution in [0, 0.1) is 11.8 Å². The summed E-state index contributed by atoms with van der Waals surface area (Å²) in [4.78, 5) is 13.3. The number of carboxylic acid groups (broad SMARTS) is 1. The SMILES string of the molecule is CN1CCC(C(=O)O)C2CCOCC21. The lowest BCUT2D eigenvalue weighted by Crippen LogP contribution is -2.53. The minimum atomic E-state index is -0.630. The first-order chi connectivity index (χ1) is 6.70. The number of ether oxygens (including phenoxy) is 1. The standard InChI is InChI=1S/C10H17NO3/c1-11-4-2-8(10(12)13)7-3-5-14-6-9(7)11/h7-9H,2-6H2,1H3,(H,12,13). The molecule has 0 aliphatic carbocycles. The Morgan fingerprint density at radius 2 is 2.29 bits per heavy atom. The van der Waals surface area contributed by atoms with Crippen LogP contribution in [0.4, 0.5) is 0 Å². The first-order valence-corrected chi connectivity index (χ1v) is 5.21. The van der Waals surface area contributed by atoms with Crippen LogP contribution in [-0.4, -0.2) is 48.8 Å². The lowest BCUT2D eigenvalue weighted by molar-refractivity contribution is -0.151. The van der Waals surface area contributed by atoms with Gasteiger partial charge >= 0.3 is 5.97 Å². The number of aliphatic carboxylic acids is 1. The molecule has 2 aliphatic rings. The minimum absolute atomic E-state index is 0.153. The van der Waals surface area contributed by atoms with Crippen LogP contribution < -0.4 is 0 Å². The van der Waals surface area contributed by atoms with E-state index in [1.54, 1.807) is 0 Å². The van der Waals surface area contributed by atoms with Gasteiger partial charge in [-0.2, -0.15) is 0 Å². The Balaban J connectivity index is 2.12. The third-order valence-corrected chi connectivity index (χ3v) is 3.57. The molecule has 2 rings (SSSR count). The van der Waals surface area contributed by atoms with Crippen LogP contribution in [-0.2, 0) is 9.53 Å². The van der Waals surface area contributed by atoms with E-state index in [1.165, 1.54) is 0 Å². The van der Waals surface area contributed by atoms with E-state index in [0.717, 1.165) is 26.0 Å². The van der Waals surface area contributed by atoms with E-state index in [1.807, 2.05) is 0 Å². The molecule has 2 fully saturated rings. The highest BCUT2D eigenvalue weighted by Crippen LogP contribution is 2.33. The number of rotatable bonds is 1. The molecule has 14 heavy (non-hydrogen) atoms. The highest BCUT2D eigenvalue weighted by Gasteiger charge is 2.41. The molecule has 4 heteroatoms. The molecule has 2 aliphatic heterocycles. The van der Waals surface area contributed by atoms with Gasteiger partial charge in [0.25, 0.3) is 0 Å². The van der Waals surface area contributed by atoms with Crippen LogP contribution in [0.5, 0.6) is 0 Å². The summed E-state index contributed by atoms with van der Waals surface area (Å²) < 4.78 is 5.40. The lowest BCUT2D eigenvalue weighted by Gasteiger charge is -2.44. The zero-order valence-corrected chi connectivity index (χ0v) is 8.48. The Labute approximate surface area is 83.8 Å². The van der Waals surface area contributed by atoms with E-state index in [0.29, 0.717) is 18.6 Å². The topological polar surface area (TPSA) is 49.8 Å². The second kappa shape index (κ2) is 3.87. The number of carboxylic acids is 1. The first kappa shape index (κ1) is 9.93. The normalized spacial score (nSPS) is 39.1. The van der Waals surface area contributed by atoms with Gasteiger partial charge in [0.15, 0.2) is 0 Å². The maximum absolute atomic E-state index is 11.1. The molecule has 1 N–H and O–H groups in total. The number of fused-ring (bicyclic) bond motifs is 1. The predicted molar refractivity (Wildman–Crippen MR) is 51.1 cm³/mol. The van der Waals surface area contributed by atoms with Crippen molar-refractivity contribution in [3.05, 3.63) is 0 Å². The van der Waals surface area contributed by atoms with Crippen LogP contribution in [0.3, 0.4) is 0 Å². The Morgan fingerprint density at radius 1 is 1.50 bits per heavy atom. The van der Waals surface area contributed by atoms with Crippen molar-refractivity contribution in [1.29, 1.82) is 0 Å². The molecule has 0 amide bonds. The molecule has 0 bridgehead atoms. The lowest BCUT2D eigenvalue weighted by atomic mass is 9.77. The molecule has 2 heterocycles. The molecule has 0 aromatic heterocycles. The van der Waals surface area contributed by atoms with E-state index in [4.69, 9.17) is 9.84 Å². The summed E-state index contributed by atoms with van der Waals surface area (Å²) in [5, 5.41) is 9.10. The average Bonchev–Trinajstić information content (AvgIpc) is 2.18. The summed E-state index contributed by atoms with van der Waals surface area (Å²) in [6.07, 6.45) is 1.68. The molecular formula is C10H17NO3. The van der Waals surface area contributed by atoms with Crippen molar-refractivity contribution >= 4 is 5.97 Å². The van der Waals surface area contributed by atoms with Crippen molar-refractivity contribution in [1.82, 2.24) is 4.90 Å². The van der Waals surface area contributed by atoms with Crippen LogP contribution in [0.25, 0.3) is 0 Å². The predicted octanol–water partition coefficient (Wildman–Crippen LogP) is 0.428. The second-order valence-corrected chi connectivity index (χ2v) is 4.31. The van der Waals surface area contributed by atoms with E-state index in [9.17, 15) is 4.79 Å². The molecule has 0 spiro atoms. The number of carbonyl (C=O) groups is 1. The van der Waals surface area contributed by atoms with Crippen LogP contribution in [0.1, 0.15) is 12.8 Å². The van der Waals surface area contributed by atoms with Gasteiger partial charge in [-0.3, -0.25) is 4.79 Å². The van der Waals surface area contributed by atoms with Crippen molar-refractivity contribution in [2.24, 2.45) is 11.8 Å². The molecule has 3 unspecified atom stereocenters. The fraction of sp³-hybridized carbons (Fsp3) is 0.900. The molecule has 4 nitrogen and oxygen atoms in total. The fourth-order valence-corrected chi connectivity index (χ4v) is 2.69. The Kier molecular flexibility index (Phi) is 2.74. The van der Waals surface area contributed by atoms with Crippen molar-refractivity contribution in [3.63, 3.8) is 0 Å². The van der Waals surface area contributed by atoms with Crippen molar-refractivity contribution < 1.29 is 14.6 Å². The Morgan fingerprint density at radius 3 is 3.00 bits per heavy atom. The van der Waals surface area contributed by atoms with Gasteiger partial charge in [0.05, 0.1) is 12.5 Å². The zero-order chi connectivity index (χ0) is 10.1. The van der Waals surface area contributed by atoms with Crippen LogP contribution in [0.15, 0.2) is 0 Å². The van der Waals surface area contributed by atoms with Gasteiger partial charge in [-0.15, -0.1) is 0 Å². The van der Waals surface area contributed by atoms with E-state index >= 15 is 0 Å². The highest BCUT2D eigenvalue weighted by molar-refractivity contribution is 5.70. The van der Waals surface area contributed by atoms with Gasteiger partial charge < -0.3 is 14.7 Å². The highest BCUT2D eigenvalue weighted by atomic mass is 16.5. The van der Waals surface area contributed by atoms with Crippen molar-refractivity contribution in [2.75, 3.05) is 26.8 Å². The summed E-state index contributed by atoms with van der Waals surface area (Å²) in [5.41, 5.74) is 0. The largest absolute Gasteiger partial charge is 0.481 e. The molecule has 80 valence electrons. The molecule has 0 radical (unpaired) electrons. The third kappa shape index (κ3) is 1.64. The number of likely N-dealkylation sites (N-methyl/N-ethyl adjacent to an activating group) is 1. The molecule has 0 aromatic carbocycles. The van der Waals surface area contributed by atoms with Crippen LogP contribution in [0.2, 0.25) is 0 Å². The maximum Gasteiger partial charge on any atom is 0.306 e. The van der Waals surface area contributed by atoms with Crippen LogP contribution >= 0.6 is 0 Å². The fourth-order valence-electron chi connectivity index (χ4n) is 2.69. The molecule has 0 aromatic rings. The summed E-state index contributed by atoms with van der Waals surface area (Å²) in [5.74, 6) is -0.491. The third-order valence-electron chi connectivity index (χ3n) is 3.57. The van der Waals surface area contributed by atoms with Gasteiger partial charge in [0.2, 0.25) is 0 Å². The van der Waals surface area contributed by atoms with Gasteiger partial charge in [-0.25, -0.2) is 0 Å². The monoisotopic (exact) mass is 199 g/mol. The quantitative estimate of drug-likeness (QED) is 0.665. The first-order valence-electron chi connectivity index (χ1n) is 5.21. The van der Waals surface area contributed by atoms with E-state index < -0.39 is 5.97 Å². The molecule has 0 saturated carbocycles. The Bertz CT molecular complexity index is 231. The Hall–Kier alpha value is -0.610. The van der Waals surface area contributed by atoms with Gasteiger partial charge in [-0.1, -0.05) is 0 Å². The number of hydrogen-bond donors (Lipinski definition) is 1. The second-order valence-electron chi connectivity index (χ2n) is 4.31. The summed E-state index contributed by atoms with van der Waals surface area (Å²) in [7, 11) is 2.06. The van der Waals surface area contributed by atoms with E-state index in [2.05, 4.69) is 11.9 Å². The van der Waals surface area contributed by atoms with Crippen molar-refractivity contribution in [3.8, 4) is 0 Å². The number of hydrogen-bond acceptors (Lipinski definition) is 3. The van der Waals surface area contributed by atoms with Gasteiger partial charge in [-0.05, 0) is 32.4 Å². The van der Waals surface area contributed by atoms with Gasteiger partial charge in [0.1, 0.15) is 0 Å². The molecule has 3 atom stereocenters. The van der Waals surface area contributed by atoms with E-state index in [-0.39, 0.29) is 5.92 Å². The maximum atomic E-state index is 11.1. The average molecular weight is 199 g/mol. The van der Waals surface area contributed by atoms with Crippen molar-refractivity contribution in [2.45, 2.75) is 18.9 Å². The number of nitrogens with zero attached hydrogens (tertiary/aromatic N) is 1.